The Labute approximate surface area is 314 Å². The summed E-state index contributed by atoms with van der Waals surface area (Å²) in [6, 6.07) is 0.0514. The van der Waals surface area contributed by atoms with Crippen molar-refractivity contribution < 1.29 is 53.6 Å². The van der Waals surface area contributed by atoms with Gasteiger partial charge < -0.3 is 64.3 Å². The summed E-state index contributed by atoms with van der Waals surface area (Å²) in [6.07, 6.45) is 1.02. The van der Waals surface area contributed by atoms with E-state index >= 15 is 0 Å². The third-order valence-corrected chi connectivity index (χ3v) is 7.59. The molecule has 0 aliphatic rings. The molecule has 0 heterocycles. The number of unbranched alkanes of at least 4 members (excludes halogenated alkanes) is 1. The highest BCUT2D eigenvalue weighted by molar-refractivity contribution is 5.95. The lowest BCUT2D eigenvalue weighted by atomic mass is 10.00. The number of benzene rings is 1. The number of amides is 4. The maximum atomic E-state index is 13.6. The molecule has 1 rings (SSSR count). The molecule has 5 unspecified atom stereocenters. The number of hydrogen-bond acceptors (Lipinski definition) is 12. The number of ether oxygens (including phenoxy) is 1. The monoisotopic (exact) mass is 767 g/mol. The lowest BCUT2D eigenvalue weighted by molar-refractivity contribution is -0.145. The van der Waals surface area contributed by atoms with Gasteiger partial charge in [-0.25, -0.2) is 4.79 Å². The normalized spacial score (nSPS) is 13.3. The maximum Gasteiger partial charge on any atom is 0.328 e. The van der Waals surface area contributed by atoms with Crippen LogP contribution >= 0.6 is 0 Å². The molecule has 0 saturated carbocycles. The minimum atomic E-state index is -1.43. The van der Waals surface area contributed by atoms with Crippen molar-refractivity contribution in [1.82, 2.24) is 21.3 Å². The van der Waals surface area contributed by atoms with Crippen molar-refractivity contribution >= 4 is 47.5 Å². The van der Waals surface area contributed by atoms with E-state index in [2.05, 4.69) is 26.3 Å². The summed E-state index contributed by atoms with van der Waals surface area (Å²) in [7, 11) is 1.15. The van der Waals surface area contributed by atoms with E-state index < -0.39 is 84.1 Å². The molecule has 0 aliphatic heterocycles. The van der Waals surface area contributed by atoms with Crippen LogP contribution in [0.4, 0.5) is 0 Å². The number of nitrogens with two attached hydrogens (primary N) is 4. The van der Waals surface area contributed by atoms with Crippen LogP contribution in [0.5, 0.6) is 5.75 Å². The Morgan fingerprint density at radius 3 is 1.83 bits per heavy atom. The molecular formula is C34H57N9O11. The zero-order chi connectivity index (χ0) is 41.4. The van der Waals surface area contributed by atoms with Crippen molar-refractivity contribution in [3.05, 3.63) is 29.8 Å². The second-order valence-corrected chi connectivity index (χ2v) is 12.6. The van der Waals surface area contributed by atoms with Gasteiger partial charge in [0.25, 0.3) is 5.97 Å². The van der Waals surface area contributed by atoms with E-state index in [1.807, 2.05) is 0 Å². The first kappa shape index (κ1) is 48.5. The number of aromatic hydroxyl groups is 1. The van der Waals surface area contributed by atoms with Gasteiger partial charge in [-0.05, 0) is 62.3 Å². The lowest BCUT2D eigenvalue weighted by Crippen LogP contribution is -2.59. The van der Waals surface area contributed by atoms with E-state index in [0.29, 0.717) is 31.4 Å². The lowest BCUT2D eigenvalue weighted by Gasteiger charge is -2.28. The van der Waals surface area contributed by atoms with Crippen molar-refractivity contribution in [3.63, 3.8) is 0 Å². The van der Waals surface area contributed by atoms with Gasteiger partial charge >= 0.3 is 11.9 Å². The van der Waals surface area contributed by atoms with E-state index in [1.54, 1.807) is 26.0 Å². The molecule has 15 N–H and O–H groups in total. The third-order valence-electron chi connectivity index (χ3n) is 7.59. The standard InChI is InChI=1S/C32H53N9O9.C2H4O2/c1-18(2)26(30(48)40-24(31(49)50-3)17-19-9-11-20(42)12-10-19)41-29(47)23(13-14-25(43)44)39-28(46)22(8-6-16-37-32(35)36)38-27(45)21(34)7-4-5-15-33;1-2(3)4/h9-12,18,21-24,26,42H,4-8,13-17,33-34H2,1-3H3,(H,38,45)(H,39,46)(H,40,48)(H,41,47)(H,43,44)(H4,35,36,37);1H3,(H,3,4). The largest absolute Gasteiger partial charge is 0.508 e. The molecule has 0 aliphatic carbocycles. The van der Waals surface area contributed by atoms with Crippen molar-refractivity contribution in [2.24, 2.45) is 33.8 Å². The van der Waals surface area contributed by atoms with Crippen LogP contribution in [-0.4, -0.2) is 113 Å². The number of nitrogens with one attached hydrogen (secondary N) is 4. The Morgan fingerprint density at radius 2 is 1.31 bits per heavy atom. The average Bonchev–Trinajstić information content (AvgIpc) is 3.09. The van der Waals surface area contributed by atoms with Gasteiger partial charge in [-0.3, -0.25) is 33.8 Å². The average molecular weight is 768 g/mol. The molecule has 0 bridgehead atoms. The molecule has 0 fully saturated rings. The topological polar surface area (TPSA) is 354 Å². The van der Waals surface area contributed by atoms with Gasteiger partial charge in [0, 0.05) is 26.3 Å². The number of hydrogen-bond donors (Lipinski definition) is 11. The molecule has 1 aromatic carbocycles. The van der Waals surface area contributed by atoms with Gasteiger partial charge in [0.05, 0.1) is 13.2 Å². The SMILES string of the molecule is CC(=O)O.COC(=O)C(Cc1ccc(O)cc1)NC(=O)C(NC(=O)C(CCC(=O)O)NC(=O)C(CCCN=C(N)N)NC(=O)C(N)CCCCN)C(C)C. The van der Waals surface area contributed by atoms with Gasteiger partial charge in [-0.2, -0.15) is 0 Å². The van der Waals surface area contributed by atoms with Gasteiger partial charge in [-0.15, -0.1) is 0 Å². The third kappa shape index (κ3) is 21.1. The van der Waals surface area contributed by atoms with Crippen molar-refractivity contribution in [2.45, 2.75) is 102 Å². The van der Waals surface area contributed by atoms with E-state index in [0.717, 1.165) is 14.0 Å². The number of rotatable bonds is 23. The molecule has 4 amide bonds. The summed E-state index contributed by atoms with van der Waals surface area (Å²) in [5.74, 6) is -6.51. The van der Waals surface area contributed by atoms with Crippen molar-refractivity contribution in [1.29, 1.82) is 0 Å². The Kier molecular flexibility index (Phi) is 23.6. The summed E-state index contributed by atoms with van der Waals surface area (Å²) >= 11 is 0. The molecule has 20 heteroatoms. The number of carboxylic acid groups (broad SMARTS) is 2. The fourth-order valence-electron chi connectivity index (χ4n) is 4.75. The Morgan fingerprint density at radius 1 is 0.778 bits per heavy atom. The van der Waals surface area contributed by atoms with Crippen LogP contribution in [0.1, 0.15) is 71.3 Å². The molecule has 0 saturated heterocycles. The summed E-state index contributed by atoms with van der Waals surface area (Å²) in [4.78, 5) is 90.2. The number of nitrogens with zero attached hydrogens (tertiary/aromatic N) is 1. The van der Waals surface area contributed by atoms with Crippen LogP contribution in [0.2, 0.25) is 0 Å². The number of guanidine groups is 1. The number of aliphatic carboxylic acids is 2. The number of aliphatic imine (C=N–C) groups is 1. The fourth-order valence-corrected chi connectivity index (χ4v) is 4.75. The van der Waals surface area contributed by atoms with Crippen LogP contribution in [0.15, 0.2) is 29.3 Å². The van der Waals surface area contributed by atoms with Crippen LogP contribution in [0.25, 0.3) is 0 Å². The molecule has 0 spiro atoms. The summed E-state index contributed by atoms with van der Waals surface area (Å²) in [5.41, 5.74) is 22.9. The zero-order valence-electron chi connectivity index (χ0n) is 31.2. The fraction of sp³-hybridized carbons (Fsp3) is 0.588. The van der Waals surface area contributed by atoms with Crippen molar-refractivity contribution in [3.8, 4) is 5.75 Å². The number of phenolic OH excluding ortho intramolecular Hbond substituents is 1. The summed E-state index contributed by atoms with van der Waals surface area (Å²) in [6.45, 7) is 4.93. The number of phenols is 1. The van der Waals surface area contributed by atoms with Crippen LogP contribution in [0, 0.1) is 5.92 Å². The number of carboxylic acids is 2. The predicted octanol–water partition coefficient (Wildman–Crippen LogP) is -1.83. The smallest absolute Gasteiger partial charge is 0.328 e. The first-order valence-corrected chi connectivity index (χ1v) is 17.3. The molecule has 20 nitrogen and oxygen atoms in total. The zero-order valence-corrected chi connectivity index (χ0v) is 31.2. The quantitative estimate of drug-likeness (QED) is 0.0252. The molecule has 0 aromatic heterocycles. The van der Waals surface area contributed by atoms with E-state index in [-0.39, 0.29) is 43.9 Å². The molecule has 304 valence electrons. The second-order valence-electron chi connectivity index (χ2n) is 12.6. The summed E-state index contributed by atoms with van der Waals surface area (Å²) < 4.78 is 4.85. The minimum absolute atomic E-state index is 0.0149. The highest BCUT2D eigenvalue weighted by atomic mass is 16.5. The van der Waals surface area contributed by atoms with Gasteiger partial charge in [0.15, 0.2) is 5.96 Å². The predicted molar refractivity (Wildman–Crippen MR) is 197 cm³/mol. The van der Waals surface area contributed by atoms with Crippen LogP contribution in [0.3, 0.4) is 0 Å². The van der Waals surface area contributed by atoms with Crippen molar-refractivity contribution in [2.75, 3.05) is 20.2 Å². The van der Waals surface area contributed by atoms with Gasteiger partial charge in [0.2, 0.25) is 23.6 Å². The molecule has 54 heavy (non-hydrogen) atoms. The van der Waals surface area contributed by atoms with Crippen LogP contribution < -0.4 is 44.2 Å². The van der Waals surface area contributed by atoms with E-state index in [9.17, 15) is 39.0 Å². The molecule has 1 aromatic rings. The van der Waals surface area contributed by atoms with Gasteiger partial charge in [-0.1, -0.05) is 32.4 Å². The number of carbonyl (C=O) groups excluding carboxylic acids is 5. The van der Waals surface area contributed by atoms with Gasteiger partial charge in [0.1, 0.15) is 29.9 Å². The van der Waals surface area contributed by atoms with E-state index in [1.165, 1.54) is 12.1 Å². The Bertz CT molecular complexity index is 1400. The maximum absolute atomic E-state index is 13.6. The Hall–Kier alpha value is -5.50. The first-order valence-electron chi connectivity index (χ1n) is 17.3. The van der Waals surface area contributed by atoms with Crippen LogP contribution in [-0.2, 0) is 44.7 Å². The number of esters is 1. The summed E-state index contributed by atoms with van der Waals surface area (Å²) in [5, 5.41) is 36.6. The Balaban J connectivity index is 0.00000666. The number of methoxy groups -OCH3 is 1. The molecule has 5 atom stereocenters. The highest BCUT2D eigenvalue weighted by Gasteiger charge is 2.33. The minimum Gasteiger partial charge on any atom is -0.508 e. The first-order chi connectivity index (χ1) is 25.3. The van der Waals surface area contributed by atoms with E-state index in [4.69, 9.17) is 37.6 Å². The number of carbonyl (C=O) groups is 7. The second kappa shape index (κ2) is 26.3. The molecule has 0 radical (unpaired) electrons. The highest BCUT2D eigenvalue weighted by Crippen LogP contribution is 2.13. The molecular weight excluding hydrogens is 710 g/mol.